The molecule has 1 heterocycles. The molecule has 0 spiro atoms. The Labute approximate surface area is 144 Å². The summed E-state index contributed by atoms with van der Waals surface area (Å²) in [6.07, 6.45) is -2.97. The number of likely N-dealkylation sites (N-methyl/N-ethyl adjacent to an activating group) is 1. The maximum atomic E-state index is 13.2. The highest BCUT2D eigenvalue weighted by Crippen LogP contribution is 2.38. The molecule has 2 amide bonds. The molecule has 5 nitrogen and oxygen atoms in total. The molecule has 1 aromatic rings. The van der Waals surface area contributed by atoms with Gasteiger partial charge in [0.05, 0.1) is 17.2 Å². The molecule has 0 aliphatic carbocycles. The number of amides is 2. The van der Waals surface area contributed by atoms with Crippen molar-refractivity contribution in [1.82, 2.24) is 4.90 Å². The molecule has 1 atom stereocenters. The zero-order valence-corrected chi connectivity index (χ0v) is 13.2. The average molecular weight is 355 g/mol. The molecule has 2 rings (SSSR count). The second kappa shape index (κ2) is 7.55. The van der Waals surface area contributed by atoms with Crippen molar-refractivity contribution in [1.29, 1.82) is 5.26 Å². The summed E-state index contributed by atoms with van der Waals surface area (Å²) in [6.45, 7) is 1.68. The van der Waals surface area contributed by atoms with Gasteiger partial charge < -0.3 is 9.80 Å². The Morgan fingerprint density at radius 2 is 2.08 bits per heavy atom. The van der Waals surface area contributed by atoms with Crippen LogP contribution in [0.5, 0.6) is 0 Å². The van der Waals surface area contributed by atoms with Gasteiger partial charge in [-0.3, -0.25) is 9.59 Å². The van der Waals surface area contributed by atoms with Gasteiger partial charge >= 0.3 is 6.18 Å². The van der Waals surface area contributed by atoms with E-state index < -0.39 is 29.3 Å². The number of halogens is 3. The van der Waals surface area contributed by atoms with Crippen LogP contribution in [-0.2, 0) is 15.8 Å². The molecule has 0 unspecified atom stereocenters. The molecule has 0 aromatic heterocycles. The van der Waals surface area contributed by atoms with E-state index in [0.29, 0.717) is 25.8 Å². The van der Waals surface area contributed by atoms with Crippen molar-refractivity contribution < 1.29 is 22.8 Å². The van der Waals surface area contributed by atoms with Gasteiger partial charge in [0, 0.05) is 19.3 Å². The lowest BCUT2D eigenvalue weighted by atomic mass is 9.99. The lowest BCUT2D eigenvalue weighted by Gasteiger charge is -2.27. The molecule has 1 aromatic carbocycles. The maximum absolute atomic E-state index is 13.2. The summed E-state index contributed by atoms with van der Waals surface area (Å²) in [5, 5.41) is 8.91. The van der Waals surface area contributed by atoms with Crippen LogP contribution in [0.3, 0.4) is 0 Å². The number of nitriles is 1. The third-order valence-electron chi connectivity index (χ3n) is 4.25. The Kier molecular flexibility index (Phi) is 6.19. The van der Waals surface area contributed by atoms with Crippen LogP contribution in [0.2, 0.25) is 0 Å². The quantitative estimate of drug-likeness (QED) is 0.783. The number of benzene rings is 1. The number of carbonyl (C=O) groups is 2. The molecule has 8 heteroatoms. The Balaban J connectivity index is 0.00000312. The highest BCUT2D eigenvalue weighted by Gasteiger charge is 2.38. The van der Waals surface area contributed by atoms with Gasteiger partial charge in [0.25, 0.3) is 0 Å². The van der Waals surface area contributed by atoms with Crippen LogP contribution in [0, 0.1) is 18.3 Å². The molecule has 1 aliphatic rings. The second-order valence-electron chi connectivity index (χ2n) is 5.64. The van der Waals surface area contributed by atoms with Crippen molar-refractivity contribution >= 4 is 18.0 Å². The zero-order chi connectivity index (χ0) is 18.1. The van der Waals surface area contributed by atoms with Gasteiger partial charge in [-0.1, -0.05) is 7.43 Å². The van der Waals surface area contributed by atoms with E-state index in [4.69, 9.17) is 5.26 Å². The minimum atomic E-state index is -4.70. The van der Waals surface area contributed by atoms with Crippen LogP contribution in [-0.4, -0.2) is 36.9 Å². The first kappa shape index (κ1) is 20.5. The van der Waals surface area contributed by atoms with Crippen LogP contribution < -0.4 is 4.90 Å². The topological polar surface area (TPSA) is 64.4 Å². The highest BCUT2D eigenvalue weighted by molar-refractivity contribution is 5.98. The number of likely N-dealkylation sites (tertiary alicyclic amines) is 1. The van der Waals surface area contributed by atoms with Crippen molar-refractivity contribution in [3.8, 4) is 6.07 Å². The van der Waals surface area contributed by atoms with E-state index >= 15 is 0 Å². The zero-order valence-electron chi connectivity index (χ0n) is 13.2. The number of hydrogen-bond acceptors (Lipinski definition) is 3. The first-order chi connectivity index (χ1) is 11.2. The number of nitrogens with zero attached hydrogens (tertiary/aromatic N) is 3. The van der Waals surface area contributed by atoms with Gasteiger partial charge in [-0.25, -0.2) is 0 Å². The van der Waals surface area contributed by atoms with Gasteiger partial charge in [0.15, 0.2) is 0 Å². The Hall–Kier alpha value is -2.56. The number of hydrogen-bond donors (Lipinski definition) is 0. The lowest BCUT2D eigenvalue weighted by molar-refractivity contribution is -0.138. The van der Waals surface area contributed by atoms with Crippen LogP contribution in [0.25, 0.3) is 0 Å². The molecule has 1 aliphatic heterocycles. The van der Waals surface area contributed by atoms with E-state index in [9.17, 15) is 22.8 Å². The van der Waals surface area contributed by atoms with Crippen molar-refractivity contribution in [2.24, 2.45) is 0 Å². The third kappa shape index (κ3) is 3.76. The first-order valence-electron chi connectivity index (χ1n) is 7.32. The summed E-state index contributed by atoms with van der Waals surface area (Å²) in [5.41, 5.74) is -1.64. The van der Waals surface area contributed by atoms with Crippen molar-refractivity contribution in [2.45, 2.75) is 39.4 Å². The summed E-state index contributed by atoms with van der Waals surface area (Å²) in [4.78, 5) is 26.0. The number of rotatable bonds is 3. The molecular formula is C17H20F3N3O2. The third-order valence-corrected chi connectivity index (χ3v) is 4.25. The smallest absolute Gasteiger partial charge is 0.333 e. The van der Waals surface area contributed by atoms with Crippen LogP contribution in [0.15, 0.2) is 12.1 Å². The molecule has 25 heavy (non-hydrogen) atoms. The minimum absolute atomic E-state index is 0. The first-order valence-corrected chi connectivity index (χ1v) is 7.32. The minimum Gasteiger partial charge on any atom is -0.333 e. The second-order valence-corrected chi connectivity index (χ2v) is 5.64. The fourth-order valence-electron chi connectivity index (χ4n) is 3.05. The van der Waals surface area contributed by atoms with E-state index in [0.717, 1.165) is 11.0 Å². The van der Waals surface area contributed by atoms with Gasteiger partial charge in [-0.2, -0.15) is 18.4 Å². The SMILES string of the molecule is C.Cc1c(N(C)C(=O)[C@H]2CCCN2C=O)ccc(C#N)c1C(F)(F)F. The summed E-state index contributed by atoms with van der Waals surface area (Å²) < 4.78 is 39.7. The van der Waals surface area contributed by atoms with Gasteiger partial charge in [-0.15, -0.1) is 0 Å². The highest BCUT2D eigenvalue weighted by atomic mass is 19.4. The van der Waals surface area contributed by atoms with E-state index in [1.807, 2.05) is 0 Å². The normalized spacial score (nSPS) is 16.8. The Morgan fingerprint density at radius 3 is 2.60 bits per heavy atom. The maximum Gasteiger partial charge on any atom is 0.418 e. The van der Waals surface area contributed by atoms with Gasteiger partial charge in [0.1, 0.15) is 6.04 Å². The Morgan fingerprint density at radius 1 is 1.44 bits per heavy atom. The Bertz CT molecular complexity index is 710. The van der Waals surface area contributed by atoms with E-state index in [-0.39, 0.29) is 18.7 Å². The number of anilines is 1. The van der Waals surface area contributed by atoms with E-state index in [1.165, 1.54) is 31.0 Å². The summed E-state index contributed by atoms with van der Waals surface area (Å²) in [5.74, 6) is -0.444. The van der Waals surface area contributed by atoms with E-state index in [1.54, 1.807) is 0 Å². The van der Waals surface area contributed by atoms with Crippen LogP contribution in [0.4, 0.5) is 18.9 Å². The largest absolute Gasteiger partial charge is 0.418 e. The van der Waals surface area contributed by atoms with Gasteiger partial charge in [-0.05, 0) is 37.5 Å². The van der Waals surface area contributed by atoms with Crippen molar-refractivity contribution in [3.63, 3.8) is 0 Å². The fourth-order valence-corrected chi connectivity index (χ4v) is 3.05. The predicted molar refractivity (Wildman–Crippen MR) is 86.8 cm³/mol. The average Bonchev–Trinajstić information content (AvgIpc) is 3.00. The number of carbonyl (C=O) groups excluding carboxylic acids is 2. The summed E-state index contributed by atoms with van der Waals surface area (Å²) >= 11 is 0. The standard InChI is InChI=1S/C16H16F3N3O2.CH4/c1-10-12(6-5-11(8-20)14(10)16(17,18)19)21(2)15(24)13-4-3-7-22(13)9-23;/h5-6,9,13H,3-4,7H2,1-2H3;1H4/t13-;/m1./s1. The van der Waals surface area contributed by atoms with Crippen molar-refractivity contribution in [3.05, 3.63) is 28.8 Å². The fraction of sp³-hybridized carbons (Fsp3) is 0.471. The van der Waals surface area contributed by atoms with Crippen molar-refractivity contribution in [2.75, 3.05) is 18.5 Å². The van der Waals surface area contributed by atoms with E-state index in [2.05, 4.69) is 0 Å². The molecular weight excluding hydrogens is 335 g/mol. The molecule has 0 radical (unpaired) electrons. The summed E-state index contributed by atoms with van der Waals surface area (Å²) in [6, 6.07) is 3.24. The molecule has 1 fully saturated rings. The van der Waals surface area contributed by atoms with Crippen LogP contribution >= 0.6 is 0 Å². The molecule has 1 saturated heterocycles. The van der Waals surface area contributed by atoms with Gasteiger partial charge in [0.2, 0.25) is 12.3 Å². The summed E-state index contributed by atoms with van der Waals surface area (Å²) in [7, 11) is 1.37. The number of alkyl halides is 3. The molecule has 0 saturated carbocycles. The monoisotopic (exact) mass is 355 g/mol. The predicted octanol–water partition coefficient (Wildman–Crippen LogP) is 3.11. The molecule has 0 bridgehead atoms. The molecule has 136 valence electrons. The molecule has 0 N–H and O–H groups in total. The lowest BCUT2D eigenvalue weighted by Crippen LogP contribution is -2.44. The van der Waals surface area contributed by atoms with Crippen LogP contribution in [0.1, 0.15) is 37.0 Å².